The van der Waals surface area contributed by atoms with Crippen molar-refractivity contribution in [2.45, 2.75) is 64.5 Å². The third-order valence-electron chi connectivity index (χ3n) is 4.08. The summed E-state index contributed by atoms with van der Waals surface area (Å²) in [5, 5.41) is 21.2. The van der Waals surface area contributed by atoms with Gasteiger partial charge in [0, 0.05) is 25.2 Å². The minimum absolute atomic E-state index is 0.0191. The molecule has 6 nitrogen and oxygen atoms in total. The molecule has 1 aliphatic rings. The lowest BCUT2D eigenvalue weighted by Crippen LogP contribution is -2.51. The summed E-state index contributed by atoms with van der Waals surface area (Å²) in [4.78, 5) is 25.4. The van der Waals surface area contributed by atoms with E-state index in [-0.39, 0.29) is 24.7 Å². The van der Waals surface area contributed by atoms with Gasteiger partial charge >= 0.3 is 12.0 Å². The predicted octanol–water partition coefficient (Wildman–Crippen LogP) is 1.82. The number of aliphatic carboxylic acids is 1. The summed E-state index contributed by atoms with van der Waals surface area (Å²) in [6.45, 7) is 4.35. The molecule has 2 unspecified atom stereocenters. The van der Waals surface area contributed by atoms with Crippen LogP contribution in [0.25, 0.3) is 0 Å². The molecule has 0 bridgehead atoms. The van der Waals surface area contributed by atoms with Gasteiger partial charge in [0.05, 0.1) is 5.92 Å². The van der Waals surface area contributed by atoms with Crippen LogP contribution in [-0.2, 0) is 4.79 Å². The molecule has 1 aliphatic carbocycles. The Morgan fingerprint density at radius 1 is 1.24 bits per heavy atom. The van der Waals surface area contributed by atoms with E-state index >= 15 is 0 Å². The highest BCUT2D eigenvalue weighted by atomic mass is 16.4. The number of nitrogens with one attached hydrogen (secondary N) is 1. The van der Waals surface area contributed by atoms with Gasteiger partial charge in [0.25, 0.3) is 0 Å². The standard InChI is InChI=1S/C15H28N2O4/c1-11(2)17(9-6-10-18)15(21)16-13-8-5-3-4-7-12(13)14(19)20/h11-13,18H,3-10H2,1-2H3,(H,16,21)(H,19,20). The smallest absolute Gasteiger partial charge is 0.317 e. The molecule has 122 valence electrons. The summed E-state index contributed by atoms with van der Waals surface area (Å²) in [7, 11) is 0. The van der Waals surface area contributed by atoms with Crippen molar-refractivity contribution in [3.63, 3.8) is 0 Å². The first-order chi connectivity index (χ1) is 9.97. The molecule has 1 saturated carbocycles. The van der Waals surface area contributed by atoms with E-state index in [1.165, 1.54) is 0 Å². The molecule has 0 aromatic rings. The second kappa shape index (κ2) is 8.87. The first-order valence-electron chi connectivity index (χ1n) is 7.88. The van der Waals surface area contributed by atoms with Crippen LogP contribution in [0.5, 0.6) is 0 Å². The predicted molar refractivity (Wildman–Crippen MR) is 80.1 cm³/mol. The molecule has 1 rings (SSSR count). The van der Waals surface area contributed by atoms with Gasteiger partial charge in [0.2, 0.25) is 0 Å². The molecule has 1 fully saturated rings. The quantitative estimate of drug-likeness (QED) is 0.653. The highest BCUT2D eigenvalue weighted by molar-refractivity contribution is 5.77. The molecule has 0 saturated heterocycles. The Bertz CT molecular complexity index is 347. The summed E-state index contributed by atoms with van der Waals surface area (Å²) in [6.07, 6.45) is 4.75. The molecule has 6 heteroatoms. The van der Waals surface area contributed by atoms with Gasteiger partial charge in [-0.05, 0) is 33.1 Å². The molecule has 2 atom stereocenters. The van der Waals surface area contributed by atoms with Crippen molar-refractivity contribution in [1.29, 1.82) is 0 Å². The van der Waals surface area contributed by atoms with Crippen LogP contribution in [-0.4, -0.2) is 52.3 Å². The van der Waals surface area contributed by atoms with Crippen LogP contribution < -0.4 is 5.32 Å². The van der Waals surface area contributed by atoms with Gasteiger partial charge in [-0.2, -0.15) is 0 Å². The number of amides is 2. The lowest BCUT2D eigenvalue weighted by Gasteiger charge is -2.31. The third kappa shape index (κ3) is 5.53. The van der Waals surface area contributed by atoms with Gasteiger partial charge in [-0.15, -0.1) is 0 Å². The van der Waals surface area contributed by atoms with E-state index in [4.69, 9.17) is 5.11 Å². The third-order valence-corrected chi connectivity index (χ3v) is 4.08. The van der Waals surface area contributed by atoms with E-state index in [2.05, 4.69) is 5.32 Å². The Kier molecular flexibility index (Phi) is 7.50. The normalized spacial score (nSPS) is 22.7. The molecule has 2 amide bonds. The molecular weight excluding hydrogens is 272 g/mol. The molecule has 0 aromatic carbocycles. The van der Waals surface area contributed by atoms with Gasteiger partial charge in [0.15, 0.2) is 0 Å². The number of aliphatic hydroxyl groups is 1. The fraction of sp³-hybridized carbons (Fsp3) is 0.867. The summed E-state index contributed by atoms with van der Waals surface area (Å²) in [5.74, 6) is -1.32. The fourth-order valence-corrected chi connectivity index (χ4v) is 2.85. The number of carboxylic acid groups (broad SMARTS) is 1. The van der Waals surface area contributed by atoms with Crippen molar-refractivity contribution in [1.82, 2.24) is 10.2 Å². The van der Waals surface area contributed by atoms with Crippen molar-refractivity contribution < 1.29 is 19.8 Å². The Labute approximate surface area is 126 Å². The highest BCUT2D eigenvalue weighted by Crippen LogP contribution is 2.24. The van der Waals surface area contributed by atoms with Gasteiger partial charge in [-0.25, -0.2) is 4.79 Å². The largest absolute Gasteiger partial charge is 0.481 e. The van der Waals surface area contributed by atoms with Crippen molar-refractivity contribution in [2.75, 3.05) is 13.2 Å². The number of hydrogen-bond donors (Lipinski definition) is 3. The molecular formula is C15H28N2O4. The topological polar surface area (TPSA) is 89.9 Å². The van der Waals surface area contributed by atoms with Crippen LogP contribution in [0.15, 0.2) is 0 Å². The van der Waals surface area contributed by atoms with Gasteiger partial charge in [-0.1, -0.05) is 19.3 Å². The van der Waals surface area contributed by atoms with Crippen molar-refractivity contribution >= 4 is 12.0 Å². The van der Waals surface area contributed by atoms with E-state index in [0.717, 1.165) is 19.3 Å². The molecule has 0 radical (unpaired) electrons. The van der Waals surface area contributed by atoms with Gasteiger partial charge < -0.3 is 20.4 Å². The van der Waals surface area contributed by atoms with Gasteiger partial charge in [-0.3, -0.25) is 4.79 Å². The average molecular weight is 300 g/mol. The molecule has 21 heavy (non-hydrogen) atoms. The lowest BCUT2D eigenvalue weighted by atomic mass is 9.95. The highest BCUT2D eigenvalue weighted by Gasteiger charge is 2.31. The Morgan fingerprint density at radius 3 is 2.48 bits per heavy atom. The van der Waals surface area contributed by atoms with Crippen LogP contribution in [0.3, 0.4) is 0 Å². The van der Waals surface area contributed by atoms with Crippen molar-refractivity contribution in [3.05, 3.63) is 0 Å². The van der Waals surface area contributed by atoms with E-state index in [1.54, 1.807) is 4.90 Å². The van der Waals surface area contributed by atoms with E-state index in [1.807, 2.05) is 13.8 Å². The van der Waals surface area contributed by atoms with Crippen molar-refractivity contribution in [3.8, 4) is 0 Å². The van der Waals surface area contributed by atoms with E-state index in [0.29, 0.717) is 25.8 Å². The molecule has 0 spiro atoms. The number of carbonyl (C=O) groups excluding carboxylic acids is 1. The molecule has 0 aromatic heterocycles. The number of rotatable bonds is 6. The SMILES string of the molecule is CC(C)N(CCCO)C(=O)NC1CCCCCC1C(=O)O. The Hall–Kier alpha value is -1.30. The van der Waals surface area contributed by atoms with Crippen LogP contribution >= 0.6 is 0 Å². The van der Waals surface area contributed by atoms with Crippen LogP contribution in [0.1, 0.15) is 52.4 Å². The lowest BCUT2D eigenvalue weighted by molar-refractivity contribution is -0.142. The maximum atomic E-state index is 12.4. The number of aliphatic hydroxyl groups excluding tert-OH is 1. The minimum Gasteiger partial charge on any atom is -0.481 e. The van der Waals surface area contributed by atoms with Crippen molar-refractivity contribution in [2.24, 2.45) is 5.92 Å². The second-order valence-electron chi connectivity index (χ2n) is 6.00. The number of hydrogen-bond acceptors (Lipinski definition) is 3. The molecule has 0 aliphatic heterocycles. The summed E-state index contributed by atoms with van der Waals surface area (Å²) in [5.41, 5.74) is 0. The van der Waals surface area contributed by atoms with Gasteiger partial charge in [0.1, 0.15) is 0 Å². The first kappa shape index (κ1) is 17.8. The second-order valence-corrected chi connectivity index (χ2v) is 6.00. The minimum atomic E-state index is -0.825. The molecule has 3 N–H and O–H groups in total. The number of carboxylic acids is 1. The fourth-order valence-electron chi connectivity index (χ4n) is 2.85. The number of urea groups is 1. The van der Waals surface area contributed by atoms with E-state index in [9.17, 15) is 14.7 Å². The van der Waals surface area contributed by atoms with Crippen LogP contribution in [0, 0.1) is 5.92 Å². The maximum absolute atomic E-state index is 12.4. The maximum Gasteiger partial charge on any atom is 0.317 e. The Morgan fingerprint density at radius 2 is 1.90 bits per heavy atom. The van der Waals surface area contributed by atoms with E-state index < -0.39 is 11.9 Å². The zero-order valence-corrected chi connectivity index (χ0v) is 13.0. The van der Waals surface area contributed by atoms with Crippen LogP contribution in [0.4, 0.5) is 4.79 Å². The monoisotopic (exact) mass is 300 g/mol. The average Bonchev–Trinajstić information content (AvgIpc) is 2.64. The number of carbonyl (C=O) groups is 2. The summed E-state index contributed by atoms with van der Waals surface area (Å²) < 4.78 is 0. The van der Waals surface area contributed by atoms with Crippen LogP contribution in [0.2, 0.25) is 0 Å². The Balaban J connectivity index is 2.69. The number of nitrogens with zero attached hydrogens (tertiary/aromatic N) is 1. The zero-order valence-electron chi connectivity index (χ0n) is 13.0. The molecule has 0 heterocycles. The summed E-state index contributed by atoms with van der Waals surface area (Å²) in [6, 6.07) is -0.505. The summed E-state index contributed by atoms with van der Waals surface area (Å²) >= 11 is 0. The zero-order chi connectivity index (χ0) is 15.8. The first-order valence-corrected chi connectivity index (χ1v) is 7.88.